The van der Waals surface area contributed by atoms with Crippen LogP contribution in [0.3, 0.4) is 0 Å². The molecule has 2 bridgehead atoms. The van der Waals surface area contributed by atoms with Gasteiger partial charge in [0.25, 0.3) is 0 Å². The van der Waals surface area contributed by atoms with E-state index in [4.69, 9.17) is 4.74 Å². The molecule has 22 heavy (non-hydrogen) atoms. The normalized spacial score (nSPS) is 31.8. The summed E-state index contributed by atoms with van der Waals surface area (Å²) < 4.78 is 33.7. The van der Waals surface area contributed by atoms with Gasteiger partial charge in [-0.3, -0.25) is 0 Å². The number of aryl methyl sites for hydroxylation is 1. The van der Waals surface area contributed by atoms with Crippen molar-refractivity contribution in [1.82, 2.24) is 4.31 Å². The maximum absolute atomic E-state index is 12.9. The fraction of sp³-hybridized carbons (Fsp3) is 0.647. The summed E-state index contributed by atoms with van der Waals surface area (Å²) >= 11 is 0. The molecule has 0 spiro atoms. The van der Waals surface area contributed by atoms with Crippen molar-refractivity contribution < 1.29 is 13.2 Å². The molecule has 4 rings (SSSR count). The maximum Gasteiger partial charge on any atom is 0.243 e. The van der Waals surface area contributed by atoms with Crippen LogP contribution in [0.1, 0.15) is 31.2 Å². The molecular weight excluding hydrogens is 298 g/mol. The number of nitrogens with zero attached hydrogens (tertiary/aromatic N) is 1. The molecule has 2 aliphatic carbocycles. The van der Waals surface area contributed by atoms with Crippen molar-refractivity contribution in [2.45, 2.75) is 49.6 Å². The number of piperidine rings is 1. The molecule has 1 heterocycles. The molecule has 0 radical (unpaired) electrons. The zero-order valence-electron chi connectivity index (χ0n) is 12.9. The third kappa shape index (κ3) is 2.49. The zero-order valence-corrected chi connectivity index (χ0v) is 13.8. The van der Waals surface area contributed by atoms with Crippen LogP contribution < -0.4 is 0 Å². The second kappa shape index (κ2) is 5.32. The van der Waals surface area contributed by atoms with E-state index < -0.39 is 10.0 Å². The fourth-order valence-corrected chi connectivity index (χ4v) is 5.69. The van der Waals surface area contributed by atoms with Crippen LogP contribution in [0.5, 0.6) is 0 Å². The van der Waals surface area contributed by atoms with E-state index >= 15 is 0 Å². The Bertz CT molecular complexity index is 668. The first-order valence-electron chi connectivity index (χ1n) is 8.26. The fourth-order valence-electron chi connectivity index (χ4n) is 3.86. The standard InChI is InChI=1S/C17H23NO3S/c1-12-3-2-4-15(9-12)22(19,20)18-10-14-7-8-16(18)17(14)21-11-13-5-6-13/h2-4,9,13-14,16-17H,5-8,10-11H2,1H3/t14-,16+,17-/m1/s1. The first-order chi connectivity index (χ1) is 10.6. The molecule has 3 fully saturated rings. The lowest BCUT2D eigenvalue weighted by Gasteiger charge is -2.26. The number of sulfonamides is 1. The number of rotatable bonds is 5. The Morgan fingerprint density at radius 3 is 2.77 bits per heavy atom. The second-order valence-electron chi connectivity index (χ2n) is 7.04. The highest BCUT2D eigenvalue weighted by molar-refractivity contribution is 7.89. The number of fused-ring (bicyclic) bond motifs is 2. The van der Waals surface area contributed by atoms with Gasteiger partial charge in [0.2, 0.25) is 10.0 Å². The van der Waals surface area contributed by atoms with Gasteiger partial charge in [-0.2, -0.15) is 4.31 Å². The van der Waals surface area contributed by atoms with Gasteiger partial charge in [-0.25, -0.2) is 8.42 Å². The molecule has 1 aromatic rings. The molecule has 1 aromatic carbocycles. The van der Waals surface area contributed by atoms with Gasteiger partial charge in [0, 0.05) is 19.1 Å². The third-order valence-electron chi connectivity index (χ3n) is 5.28. The Kier molecular flexibility index (Phi) is 3.55. The number of ether oxygens (including phenoxy) is 1. The number of hydrogen-bond donors (Lipinski definition) is 0. The quantitative estimate of drug-likeness (QED) is 0.837. The van der Waals surface area contributed by atoms with Gasteiger partial charge in [0.15, 0.2) is 0 Å². The van der Waals surface area contributed by atoms with E-state index in [9.17, 15) is 8.42 Å². The summed E-state index contributed by atoms with van der Waals surface area (Å²) in [5.41, 5.74) is 0.979. The molecule has 0 N–H and O–H groups in total. The molecule has 3 aliphatic rings. The van der Waals surface area contributed by atoms with Crippen LogP contribution in [-0.2, 0) is 14.8 Å². The lowest BCUT2D eigenvalue weighted by molar-refractivity contribution is 0.0271. The molecule has 0 aromatic heterocycles. The van der Waals surface area contributed by atoms with E-state index in [0.717, 1.165) is 30.9 Å². The van der Waals surface area contributed by atoms with Crippen molar-refractivity contribution >= 4 is 10.0 Å². The summed E-state index contributed by atoms with van der Waals surface area (Å²) in [5.74, 6) is 1.10. The molecule has 0 amide bonds. The summed E-state index contributed by atoms with van der Waals surface area (Å²) in [6.45, 7) is 3.36. The summed E-state index contributed by atoms with van der Waals surface area (Å²) in [7, 11) is -3.39. The predicted molar refractivity (Wildman–Crippen MR) is 84.0 cm³/mol. The van der Waals surface area contributed by atoms with E-state index in [-0.39, 0.29) is 12.1 Å². The third-order valence-corrected chi connectivity index (χ3v) is 7.17. The topological polar surface area (TPSA) is 46.6 Å². The molecule has 2 saturated carbocycles. The predicted octanol–water partition coefficient (Wildman–Crippen LogP) is 2.57. The molecule has 4 nitrogen and oxygen atoms in total. The molecule has 3 atom stereocenters. The van der Waals surface area contributed by atoms with Crippen LogP contribution in [0.4, 0.5) is 0 Å². The van der Waals surface area contributed by atoms with Crippen LogP contribution in [0, 0.1) is 18.8 Å². The molecule has 0 unspecified atom stereocenters. The highest BCUT2D eigenvalue weighted by Crippen LogP contribution is 2.43. The van der Waals surface area contributed by atoms with Gasteiger partial charge in [-0.05, 0) is 56.2 Å². The highest BCUT2D eigenvalue weighted by atomic mass is 32.2. The van der Waals surface area contributed by atoms with Crippen molar-refractivity contribution in [3.05, 3.63) is 29.8 Å². The minimum Gasteiger partial charge on any atom is -0.376 e. The lowest BCUT2D eigenvalue weighted by atomic mass is 10.1. The van der Waals surface area contributed by atoms with Gasteiger partial charge < -0.3 is 4.74 Å². The average Bonchev–Trinajstić information content (AvgIpc) is 3.17. The molecule has 1 aliphatic heterocycles. The minimum atomic E-state index is -3.39. The Labute approximate surface area is 132 Å². The summed E-state index contributed by atoms with van der Waals surface area (Å²) in [5, 5.41) is 0. The van der Waals surface area contributed by atoms with Crippen LogP contribution in [0.15, 0.2) is 29.2 Å². The van der Waals surface area contributed by atoms with E-state index in [0.29, 0.717) is 17.4 Å². The number of hydrogen-bond acceptors (Lipinski definition) is 3. The lowest BCUT2D eigenvalue weighted by Crippen LogP contribution is -2.40. The molecule has 1 saturated heterocycles. The van der Waals surface area contributed by atoms with E-state index in [1.807, 2.05) is 19.1 Å². The zero-order chi connectivity index (χ0) is 15.3. The van der Waals surface area contributed by atoms with Crippen molar-refractivity contribution in [3.63, 3.8) is 0 Å². The maximum atomic E-state index is 12.9. The highest BCUT2D eigenvalue weighted by Gasteiger charge is 2.52. The van der Waals surface area contributed by atoms with E-state index in [1.165, 1.54) is 12.8 Å². The van der Waals surface area contributed by atoms with Crippen molar-refractivity contribution in [3.8, 4) is 0 Å². The minimum absolute atomic E-state index is 0.0364. The van der Waals surface area contributed by atoms with Gasteiger partial charge in [-0.1, -0.05) is 12.1 Å². The summed E-state index contributed by atoms with van der Waals surface area (Å²) in [6, 6.07) is 7.25. The average molecular weight is 321 g/mol. The number of benzene rings is 1. The Morgan fingerprint density at radius 1 is 1.23 bits per heavy atom. The van der Waals surface area contributed by atoms with E-state index in [1.54, 1.807) is 16.4 Å². The monoisotopic (exact) mass is 321 g/mol. The molecule has 5 heteroatoms. The van der Waals surface area contributed by atoms with Crippen LogP contribution in [-0.4, -0.2) is 38.0 Å². The van der Waals surface area contributed by atoms with Crippen molar-refractivity contribution in [2.24, 2.45) is 11.8 Å². The van der Waals surface area contributed by atoms with Gasteiger partial charge in [0.1, 0.15) is 0 Å². The molecule has 120 valence electrons. The van der Waals surface area contributed by atoms with Gasteiger partial charge >= 0.3 is 0 Å². The summed E-state index contributed by atoms with van der Waals surface area (Å²) in [4.78, 5) is 0.418. The van der Waals surface area contributed by atoms with E-state index in [2.05, 4.69) is 0 Å². The van der Waals surface area contributed by atoms with Gasteiger partial charge in [-0.15, -0.1) is 0 Å². The van der Waals surface area contributed by atoms with Gasteiger partial charge in [0.05, 0.1) is 17.0 Å². The van der Waals surface area contributed by atoms with Crippen LogP contribution in [0.25, 0.3) is 0 Å². The first kappa shape index (κ1) is 14.7. The first-order valence-corrected chi connectivity index (χ1v) is 9.70. The second-order valence-corrected chi connectivity index (χ2v) is 8.93. The van der Waals surface area contributed by atoms with Crippen LogP contribution >= 0.6 is 0 Å². The summed E-state index contributed by atoms with van der Waals surface area (Å²) in [6.07, 6.45) is 4.69. The smallest absolute Gasteiger partial charge is 0.243 e. The van der Waals surface area contributed by atoms with Crippen molar-refractivity contribution in [1.29, 1.82) is 0 Å². The van der Waals surface area contributed by atoms with Crippen molar-refractivity contribution in [2.75, 3.05) is 13.2 Å². The molecular formula is C17H23NO3S. The Balaban J connectivity index is 1.55. The largest absolute Gasteiger partial charge is 0.376 e. The van der Waals surface area contributed by atoms with Crippen LogP contribution in [0.2, 0.25) is 0 Å². The Hall–Kier alpha value is -0.910. The SMILES string of the molecule is Cc1cccc(S(=O)(=O)N2C[C@H]3CC[C@H]2[C@@H]3OCC2CC2)c1. The Morgan fingerprint density at radius 2 is 2.05 bits per heavy atom.